The van der Waals surface area contributed by atoms with Crippen molar-refractivity contribution in [2.75, 3.05) is 26.4 Å². The van der Waals surface area contributed by atoms with E-state index in [-0.39, 0.29) is 32.4 Å². The number of aliphatic hydroxyl groups is 2. The van der Waals surface area contributed by atoms with Gasteiger partial charge in [-0.3, -0.25) is 18.6 Å². The number of carboxylic acids is 1. The summed E-state index contributed by atoms with van der Waals surface area (Å²) in [5.74, 6) is -1.39. The molecule has 0 fully saturated rings. The van der Waals surface area contributed by atoms with Crippen LogP contribution in [0.4, 0.5) is 0 Å². The van der Waals surface area contributed by atoms with E-state index >= 15 is 0 Å². The lowest BCUT2D eigenvalue weighted by molar-refractivity contribution is -0.137. The van der Waals surface area contributed by atoms with Crippen molar-refractivity contribution in [3.05, 3.63) is 0 Å². The zero-order valence-electron chi connectivity index (χ0n) is 11.3. The van der Waals surface area contributed by atoms with E-state index < -0.39 is 39.0 Å². The molecule has 1 amide bonds. The number of carbonyl (C=O) groups excluding carboxylic acids is 1. The van der Waals surface area contributed by atoms with Crippen molar-refractivity contribution >= 4 is 19.7 Å². The molecule has 0 spiro atoms. The third kappa shape index (κ3) is 12.4. The molecule has 5 N–H and O–H groups in total. The van der Waals surface area contributed by atoms with Crippen molar-refractivity contribution in [1.29, 1.82) is 0 Å². The summed E-state index contributed by atoms with van der Waals surface area (Å²) in [4.78, 5) is 30.6. The van der Waals surface area contributed by atoms with Gasteiger partial charge in [0, 0.05) is 19.4 Å². The molecule has 0 rings (SSSR count). The van der Waals surface area contributed by atoms with Crippen LogP contribution in [0.5, 0.6) is 0 Å². The van der Waals surface area contributed by atoms with Gasteiger partial charge in [-0.05, 0) is 6.42 Å². The fourth-order valence-electron chi connectivity index (χ4n) is 1.11. The van der Waals surface area contributed by atoms with Gasteiger partial charge < -0.3 is 25.5 Å². The Morgan fingerprint density at radius 1 is 1.24 bits per heavy atom. The number of nitrogens with one attached hydrogen (secondary N) is 1. The molecular weight excluding hydrogens is 309 g/mol. The smallest absolute Gasteiger partial charge is 0.472 e. The average Bonchev–Trinajstić information content (AvgIpc) is 2.40. The number of aliphatic hydroxyl groups excluding tert-OH is 2. The van der Waals surface area contributed by atoms with Gasteiger partial charge in [0.2, 0.25) is 5.91 Å². The Hall–Kier alpha value is -1.03. The molecular formula is C10H20NO9P. The van der Waals surface area contributed by atoms with Crippen molar-refractivity contribution < 1.29 is 43.4 Å². The number of hydrogen-bond acceptors (Lipinski definition) is 7. The fourth-order valence-corrected chi connectivity index (χ4v) is 1.87. The molecule has 0 aromatic carbocycles. The van der Waals surface area contributed by atoms with Crippen molar-refractivity contribution in [1.82, 2.24) is 5.32 Å². The van der Waals surface area contributed by atoms with Crippen molar-refractivity contribution in [3.8, 4) is 0 Å². The molecule has 0 heterocycles. The highest BCUT2D eigenvalue weighted by Gasteiger charge is 2.22. The summed E-state index contributed by atoms with van der Waals surface area (Å²) in [6.45, 7) is -1.53. The zero-order chi connectivity index (χ0) is 16.3. The van der Waals surface area contributed by atoms with Gasteiger partial charge in [-0.25, -0.2) is 4.57 Å². The first-order chi connectivity index (χ1) is 9.76. The third-order valence-corrected chi connectivity index (χ3v) is 3.10. The molecule has 10 nitrogen and oxygen atoms in total. The van der Waals surface area contributed by atoms with Crippen LogP contribution in [-0.2, 0) is 23.2 Å². The topological polar surface area (TPSA) is 163 Å². The summed E-state index contributed by atoms with van der Waals surface area (Å²) in [7, 11) is -4.35. The summed E-state index contributed by atoms with van der Waals surface area (Å²) in [5.41, 5.74) is 0. The van der Waals surface area contributed by atoms with Crippen molar-refractivity contribution in [2.24, 2.45) is 0 Å². The quantitative estimate of drug-likeness (QED) is 0.219. The third-order valence-electron chi connectivity index (χ3n) is 2.11. The molecule has 0 aromatic rings. The number of carbonyl (C=O) groups is 2. The van der Waals surface area contributed by atoms with Gasteiger partial charge in [-0.15, -0.1) is 0 Å². The van der Waals surface area contributed by atoms with E-state index in [4.69, 9.17) is 20.2 Å². The van der Waals surface area contributed by atoms with Crippen LogP contribution >= 0.6 is 7.82 Å². The van der Waals surface area contributed by atoms with Crippen LogP contribution in [0.3, 0.4) is 0 Å². The molecule has 0 radical (unpaired) electrons. The molecule has 124 valence electrons. The van der Waals surface area contributed by atoms with Crippen LogP contribution in [-0.4, -0.2) is 64.6 Å². The maximum atomic E-state index is 11.3. The van der Waals surface area contributed by atoms with Crippen LogP contribution in [0.2, 0.25) is 0 Å². The molecule has 2 unspecified atom stereocenters. The summed E-state index contributed by atoms with van der Waals surface area (Å²) in [6, 6.07) is 0. The van der Waals surface area contributed by atoms with Gasteiger partial charge in [0.1, 0.15) is 6.10 Å². The Morgan fingerprint density at radius 2 is 1.90 bits per heavy atom. The van der Waals surface area contributed by atoms with Crippen LogP contribution in [0.1, 0.15) is 19.3 Å². The Morgan fingerprint density at radius 3 is 2.48 bits per heavy atom. The van der Waals surface area contributed by atoms with Gasteiger partial charge in [-0.1, -0.05) is 0 Å². The molecule has 0 saturated heterocycles. The van der Waals surface area contributed by atoms with Crippen molar-refractivity contribution in [3.63, 3.8) is 0 Å². The second-order valence-electron chi connectivity index (χ2n) is 4.03. The highest BCUT2D eigenvalue weighted by atomic mass is 31.2. The van der Waals surface area contributed by atoms with Gasteiger partial charge in [0.15, 0.2) is 0 Å². The summed E-state index contributed by atoms with van der Waals surface area (Å²) in [5, 5.41) is 28.2. The summed E-state index contributed by atoms with van der Waals surface area (Å²) < 4.78 is 20.2. The second-order valence-corrected chi connectivity index (χ2v) is 5.48. The standard InChI is InChI=1S/C10H20NO9P/c12-6-8(13)7-20-21(17,18)19-5-4-11-9(14)2-1-3-10(15)16/h8,12-13H,1-7H2,(H,11,14)(H,15,16)(H,17,18). The predicted molar refractivity (Wildman–Crippen MR) is 69.3 cm³/mol. The van der Waals surface area contributed by atoms with E-state index in [1.807, 2.05) is 0 Å². The Kier molecular flexibility index (Phi) is 10.1. The number of rotatable bonds is 12. The Balaban J connectivity index is 3.70. The lowest BCUT2D eigenvalue weighted by atomic mass is 10.2. The van der Waals surface area contributed by atoms with Crippen LogP contribution < -0.4 is 5.32 Å². The first-order valence-electron chi connectivity index (χ1n) is 6.16. The summed E-state index contributed by atoms with van der Waals surface area (Å²) in [6.07, 6.45) is -1.18. The average molecular weight is 329 g/mol. The first kappa shape index (κ1) is 20.0. The number of hydrogen-bond donors (Lipinski definition) is 5. The molecule has 0 aliphatic rings. The number of phosphoric ester groups is 1. The van der Waals surface area contributed by atoms with Crippen LogP contribution in [0.25, 0.3) is 0 Å². The number of carboxylic acid groups (broad SMARTS) is 1. The van der Waals surface area contributed by atoms with E-state index in [1.54, 1.807) is 0 Å². The number of aliphatic carboxylic acids is 1. The summed E-state index contributed by atoms with van der Waals surface area (Å²) >= 11 is 0. The molecule has 21 heavy (non-hydrogen) atoms. The molecule has 0 saturated carbocycles. The maximum absolute atomic E-state index is 11.3. The first-order valence-corrected chi connectivity index (χ1v) is 7.65. The second kappa shape index (κ2) is 10.7. The van der Waals surface area contributed by atoms with E-state index in [1.165, 1.54) is 0 Å². The molecule has 0 aliphatic carbocycles. The minimum Gasteiger partial charge on any atom is -0.481 e. The molecule has 2 atom stereocenters. The minimum absolute atomic E-state index is 0.0300. The predicted octanol–water partition coefficient (Wildman–Crippen LogP) is -1.16. The highest BCUT2D eigenvalue weighted by molar-refractivity contribution is 7.47. The van der Waals surface area contributed by atoms with Gasteiger partial charge in [0.25, 0.3) is 0 Å². The van der Waals surface area contributed by atoms with E-state index in [2.05, 4.69) is 14.4 Å². The highest BCUT2D eigenvalue weighted by Crippen LogP contribution is 2.42. The molecule has 11 heteroatoms. The number of amides is 1. The largest absolute Gasteiger partial charge is 0.481 e. The normalized spacial score (nSPS) is 15.2. The van der Waals surface area contributed by atoms with Crippen molar-refractivity contribution in [2.45, 2.75) is 25.4 Å². The fraction of sp³-hybridized carbons (Fsp3) is 0.800. The van der Waals surface area contributed by atoms with Gasteiger partial charge in [0.05, 0.1) is 19.8 Å². The molecule has 0 aromatic heterocycles. The van der Waals surface area contributed by atoms with E-state index in [0.717, 1.165) is 0 Å². The van der Waals surface area contributed by atoms with Crippen LogP contribution in [0, 0.1) is 0 Å². The Bertz CT molecular complexity index is 376. The lowest BCUT2D eigenvalue weighted by Crippen LogP contribution is -2.27. The van der Waals surface area contributed by atoms with E-state index in [9.17, 15) is 14.2 Å². The zero-order valence-corrected chi connectivity index (χ0v) is 12.2. The monoisotopic (exact) mass is 329 g/mol. The molecule has 0 bridgehead atoms. The SMILES string of the molecule is O=C(O)CCCC(=O)NCCOP(=O)(O)OCC(O)CO. The lowest BCUT2D eigenvalue weighted by Gasteiger charge is -2.14. The van der Waals surface area contributed by atoms with Crippen LogP contribution in [0.15, 0.2) is 0 Å². The Labute approximate surface area is 121 Å². The van der Waals surface area contributed by atoms with Gasteiger partial charge in [-0.2, -0.15) is 0 Å². The van der Waals surface area contributed by atoms with Gasteiger partial charge >= 0.3 is 13.8 Å². The molecule has 0 aliphatic heterocycles. The minimum atomic E-state index is -4.35. The van der Waals surface area contributed by atoms with E-state index in [0.29, 0.717) is 0 Å². The number of phosphoric acid groups is 1. The maximum Gasteiger partial charge on any atom is 0.472 e.